The number of fused-ring (bicyclic) bond motifs is 4. The molecule has 0 aliphatic carbocycles. The highest BCUT2D eigenvalue weighted by Gasteiger charge is 2.23. The molecular weight excluding hydrogens is 515 g/mol. The van der Waals surface area contributed by atoms with Crippen LogP contribution in [0, 0.1) is 0 Å². The molecule has 3 heterocycles. The molecule has 4 nitrogen and oxygen atoms in total. The van der Waals surface area contributed by atoms with Crippen molar-refractivity contribution in [1.82, 2.24) is 4.57 Å². The van der Waals surface area contributed by atoms with Crippen LogP contribution >= 0.6 is 34.4 Å². The molecule has 0 N–H and O–H groups in total. The lowest BCUT2D eigenvalue weighted by Gasteiger charge is -2.17. The Balaban J connectivity index is 1.48. The minimum atomic E-state index is 0.0776. The highest BCUT2D eigenvalue weighted by atomic mass is 32.2. The number of benzene rings is 3. The minimum absolute atomic E-state index is 0.0776. The number of rotatable bonds is 5. The maximum absolute atomic E-state index is 13.4. The highest BCUT2D eigenvalue weighted by Crippen LogP contribution is 2.45. The van der Waals surface area contributed by atoms with Crippen molar-refractivity contribution in [2.24, 2.45) is 0 Å². The predicted octanol–water partition coefficient (Wildman–Crippen LogP) is 5.69. The third kappa shape index (κ3) is 4.15. The Bertz CT molecular complexity index is 1860. The summed E-state index contributed by atoms with van der Waals surface area (Å²) in [4.78, 5) is 16.9. The molecule has 6 rings (SSSR count). The van der Waals surface area contributed by atoms with Gasteiger partial charge in [-0.25, -0.2) is 0 Å². The van der Waals surface area contributed by atoms with Crippen molar-refractivity contribution in [3.8, 4) is 0 Å². The molecule has 0 unspecified atom stereocenters. The minimum Gasteiger partial charge on any atom is -0.335 e. The van der Waals surface area contributed by atoms with Gasteiger partial charge in [0.05, 0.1) is 21.3 Å². The van der Waals surface area contributed by atoms with Crippen molar-refractivity contribution in [2.45, 2.75) is 38.8 Å². The van der Waals surface area contributed by atoms with Gasteiger partial charge in [-0.3, -0.25) is 9.36 Å². The van der Waals surface area contributed by atoms with Gasteiger partial charge < -0.3 is 4.90 Å². The van der Waals surface area contributed by atoms with E-state index in [1.54, 1.807) is 34.4 Å². The van der Waals surface area contributed by atoms with Crippen LogP contribution in [0.1, 0.15) is 25.8 Å². The zero-order valence-electron chi connectivity index (χ0n) is 21.1. The smallest absolute Gasteiger partial charge is 0.269 e. The number of anilines is 1. The van der Waals surface area contributed by atoms with Gasteiger partial charge >= 0.3 is 0 Å². The van der Waals surface area contributed by atoms with E-state index in [2.05, 4.69) is 96.1 Å². The molecule has 0 radical (unpaired) electrons. The molecule has 0 fully saturated rings. The molecule has 0 atom stereocenters. The van der Waals surface area contributed by atoms with Gasteiger partial charge in [0.1, 0.15) is 15.9 Å². The first kappa shape index (κ1) is 24.2. The first-order valence-corrected chi connectivity index (χ1v) is 15.1. The van der Waals surface area contributed by atoms with Crippen LogP contribution < -0.4 is 24.2 Å². The molecule has 0 saturated heterocycles. The average molecular weight is 543 g/mol. The van der Waals surface area contributed by atoms with Gasteiger partial charge in [-0.05, 0) is 56.5 Å². The number of thioether (sulfide) groups is 1. The lowest BCUT2D eigenvalue weighted by Crippen LogP contribution is -2.35. The van der Waals surface area contributed by atoms with Crippen LogP contribution in [0.3, 0.4) is 0 Å². The monoisotopic (exact) mass is 542 g/mol. The number of para-hydroxylation sites is 1. The molecule has 3 aromatic carbocycles. The standard InChI is InChI=1S/C30H28N3OS3/c1-4-31-22-13-9-10-14-24(22)35-26(31)18-17-25-30(34)33(6-3)28(36-25)19-27-32(5-2)23-16-15-20-11-7-8-12-21(20)29(23)37-27/h7-19H,4-6H2,1-3H3/q+1. The molecule has 1 aliphatic heterocycles. The number of hydrogen-bond acceptors (Lipinski definition) is 5. The molecular formula is C30H28N3OS3+. The van der Waals surface area contributed by atoms with E-state index in [1.807, 2.05) is 17.6 Å². The summed E-state index contributed by atoms with van der Waals surface area (Å²) < 4.78 is 7.30. The quantitative estimate of drug-likeness (QED) is 0.267. The normalized spacial score (nSPS) is 15.5. The Kier molecular flexibility index (Phi) is 6.53. The highest BCUT2D eigenvalue weighted by molar-refractivity contribution is 8.03. The second kappa shape index (κ2) is 9.97. The molecule has 5 aromatic rings. The predicted molar refractivity (Wildman–Crippen MR) is 160 cm³/mol. The van der Waals surface area contributed by atoms with Gasteiger partial charge in [-0.1, -0.05) is 59.5 Å². The summed E-state index contributed by atoms with van der Waals surface area (Å²) in [5.74, 6) is 0. The van der Waals surface area contributed by atoms with Crippen LogP contribution in [-0.4, -0.2) is 11.1 Å². The van der Waals surface area contributed by atoms with Crippen LogP contribution in [0.25, 0.3) is 33.1 Å². The van der Waals surface area contributed by atoms with E-state index in [9.17, 15) is 4.79 Å². The van der Waals surface area contributed by atoms with Gasteiger partial charge in [-0.15, -0.1) is 11.3 Å². The van der Waals surface area contributed by atoms with Gasteiger partial charge in [0.15, 0.2) is 0 Å². The topological polar surface area (TPSA) is 29.1 Å². The van der Waals surface area contributed by atoms with Gasteiger partial charge in [0.2, 0.25) is 5.52 Å². The number of aryl methyl sites for hydroxylation is 1. The Morgan fingerprint density at radius 3 is 2.51 bits per heavy atom. The summed E-state index contributed by atoms with van der Waals surface area (Å²) >= 11 is 5.14. The molecule has 186 valence electrons. The number of allylic oxidation sites excluding steroid dienone is 1. The van der Waals surface area contributed by atoms with Crippen molar-refractivity contribution in [3.05, 3.63) is 96.3 Å². The van der Waals surface area contributed by atoms with Gasteiger partial charge in [0.25, 0.3) is 10.6 Å². The van der Waals surface area contributed by atoms with Crippen molar-refractivity contribution in [2.75, 3.05) is 11.4 Å². The van der Waals surface area contributed by atoms with Crippen LogP contribution in [0.15, 0.2) is 81.5 Å². The Labute approximate surface area is 228 Å². The number of thiazole rings is 2. The number of hydrogen-bond donors (Lipinski definition) is 0. The van der Waals surface area contributed by atoms with Gasteiger partial charge in [-0.2, -0.15) is 4.57 Å². The third-order valence-electron chi connectivity index (χ3n) is 6.77. The number of nitrogens with zero attached hydrogens (tertiary/aromatic N) is 3. The Morgan fingerprint density at radius 2 is 1.70 bits per heavy atom. The molecule has 0 spiro atoms. The van der Waals surface area contributed by atoms with E-state index < -0.39 is 0 Å². The van der Waals surface area contributed by atoms with Crippen LogP contribution in [0.2, 0.25) is 0 Å². The van der Waals surface area contributed by atoms with Crippen LogP contribution in [0.5, 0.6) is 0 Å². The largest absolute Gasteiger partial charge is 0.335 e. The summed E-state index contributed by atoms with van der Waals surface area (Å²) in [6.07, 6.45) is 6.30. The molecule has 7 heteroatoms. The van der Waals surface area contributed by atoms with E-state index in [4.69, 9.17) is 0 Å². The van der Waals surface area contributed by atoms with Crippen molar-refractivity contribution in [1.29, 1.82) is 0 Å². The van der Waals surface area contributed by atoms with E-state index in [0.29, 0.717) is 6.54 Å². The fourth-order valence-electron chi connectivity index (χ4n) is 4.98. The number of aromatic nitrogens is 2. The van der Waals surface area contributed by atoms with E-state index >= 15 is 0 Å². The fourth-order valence-corrected chi connectivity index (χ4v) is 8.53. The van der Waals surface area contributed by atoms with Crippen molar-refractivity contribution < 1.29 is 4.57 Å². The molecule has 0 saturated carbocycles. The summed E-state index contributed by atoms with van der Waals surface area (Å²) in [6.45, 7) is 8.80. The summed E-state index contributed by atoms with van der Waals surface area (Å²) in [5, 5.41) is 4.86. The molecule has 2 aromatic heterocycles. The molecule has 37 heavy (non-hydrogen) atoms. The maximum Gasteiger partial charge on any atom is 0.269 e. The van der Waals surface area contributed by atoms with E-state index in [1.165, 1.54) is 36.6 Å². The summed E-state index contributed by atoms with van der Waals surface area (Å²) in [6, 6.07) is 21.4. The average Bonchev–Trinajstić information content (AvgIpc) is 3.57. The third-order valence-corrected chi connectivity index (χ3v) is 10.2. The first-order chi connectivity index (χ1) is 18.1. The molecule has 0 amide bonds. The van der Waals surface area contributed by atoms with Crippen molar-refractivity contribution >= 4 is 73.3 Å². The Morgan fingerprint density at radius 1 is 0.892 bits per heavy atom. The van der Waals surface area contributed by atoms with E-state index in [0.717, 1.165) is 27.3 Å². The van der Waals surface area contributed by atoms with Crippen LogP contribution in [-0.2, 0) is 13.1 Å². The lowest BCUT2D eigenvalue weighted by atomic mass is 10.1. The summed E-state index contributed by atoms with van der Waals surface area (Å²) in [7, 11) is 0. The zero-order valence-corrected chi connectivity index (χ0v) is 23.6. The lowest BCUT2D eigenvalue weighted by molar-refractivity contribution is -0.665. The maximum atomic E-state index is 13.4. The Hall–Kier alpha value is -3.13. The fraction of sp³-hybridized carbons (Fsp3) is 0.200. The second-order valence-corrected chi connectivity index (χ2v) is 12.0. The molecule has 1 aliphatic rings. The van der Waals surface area contributed by atoms with Gasteiger partial charge in [0, 0.05) is 29.4 Å². The second-order valence-electron chi connectivity index (χ2n) is 8.80. The first-order valence-electron chi connectivity index (χ1n) is 12.6. The van der Waals surface area contributed by atoms with Crippen molar-refractivity contribution in [3.63, 3.8) is 0 Å². The molecule has 0 bridgehead atoms. The summed E-state index contributed by atoms with van der Waals surface area (Å²) in [5.41, 5.74) is 2.56. The van der Waals surface area contributed by atoms with Crippen LogP contribution in [0.4, 0.5) is 5.69 Å². The SMILES string of the molecule is CCN1C(=CC=c2sc(=Cc3sc4c5ccccc5ccc4[n+]3CC)n(CC)c2=O)Sc2ccccc21. The van der Waals surface area contributed by atoms with E-state index in [-0.39, 0.29) is 5.56 Å². The zero-order chi connectivity index (χ0) is 25.5.